The number of nitrogens with zero attached hydrogens (tertiary/aromatic N) is 2. The second-order valence-corrected chi connectivity index (χ2v) is 5.88. The zero-order valence-corrected chi connectivity index (χ0v) is 12.6. The fourth-order valence-electron chi connectivity index (χ4n) is 3.13. The summed E-state index contributed by atoms with van der Waals surface area (Å²) >= 11 is 0. The zero-order valence-electron chi connectivity index (χ0n) is 12.6. The molecule has 0 aliphatic heterocycles. The van der Waals surface area contributed by atoms with Crippen LogP contribution in [-0.4, -0.2) is 9.78 Å². The van der Waals surface area contributed by atoms with Crippen LogP contribution in [-0.2, 0) is 19.9 Å². The van der Waals surface area contributed by atoms with Crippen LogP contribution in [0.4, 0.5) is 0 Å². The highest BCUT2D eigenvalue weighted by Crippen LogP contribution is 2.25. The number of benzene rings is 1. The van der Waals surface area contributed by atoms with Gasteiger partial charge in [0.2, 0.25) is 0 Å². The van der Waals surface area contributed by atoms with Crippen LogP contribution in [0, 0.1) is 6.92 Å². The number of hydrogen-bond acceptors (Lipinski definition) is 3. The first-order valence-electron chi connectivity index (χ1n) is 7.48. The monoisotopic (exact) mass is 283 g/mol. The van der Waals surface area contributed by atoms with Gasteiger partial charge in [-0.1, -0.05) is 18.2 Å². The molecule has 0 amide bonds. The first-order chi connectivity index (χ1) is 10.1. The second kappa shape index (κ2) is 5.45. The average Bonchev–Trinajstić information content (AvgIpc) is 2.49. The number of hydrogen-bond donors (Lipinski definition) is 1. The van der Waals surface area contributed by atoms with Crippen LogP contribution < -0.4 is 11.3 Å². The number of fused-ring (bicyclic) bond motifs is 1. The first-order valence-corrected chi connectivity index (χ1v) is 7.48. The van der Waals surface area contributed by atoms with Gasteiger partial charge in [0.1, 0.15) is 0 Å². The maximum absolute atomic E-state index is 12.2. The summed E-state index contributed by atoms with van der Waals surface area (Å²) in [5.41, 5.74) is 11.5. The fraction of sp³-hybridized carbons (Fsp3) is 0.412. The summed E-state index contributed by atoms with van der Waals surface area (Å²) in [6, 6.07) is 7.81. The number of aromatic nitrogens is 2. The fourth-order valence-corrected chi connectivity index (χ4v) is 3.13. The van der Waals surface area contributed by atoms with E-state index in [0.717, 1.165) is 24.1 Å². The molecule has 4 nitrogen and oxygen atoms in total. The van der Waals surface area contributed by atoms with Crippen molar-refractivity contribution in [3.8, 4) is 0 Å². The van der Waals surface area contributed by atoms with Gasteiger partial charge in [-0.2, -0.15) is 5.10 Å². The molecule has 1 aliphatic rings. The van der Waals surface area contributed by atoms with Gasteiger partial charge >= 0.3 is 0 Å². The maximum atomic E-state index is 12.2. The van der Waals surface area contributed by atoms with E-state index < -0.39 is 6.04 Å². The van der Waals surface area contributed by atoms with Gasteiger partial charge in [0.05, 0.1) is 11.7 Å². The van der Waals surface area contributed by atoms with Crippen molar-refractivity contribution in [3.63, 3.8) is 0 Å². The normalized spacial score (nSPS) is 15.6. The average molecular weight is 283 g/mol. The standard InChI is InChI=1S/C17H21N3O/c1-11-9-15(17(21)20(2)19-11)16(18)14-8-7-12-5-3-4-6-13(12)10-14/h7-10,16H,3-6,18H2,1-2H3. The Balaban J connectivity index is 2.03. The smallest absolute Gasteiger partial charge is 0.271 e. The zero-order chi connectivity index (χ0) is 15.0. The molecule has 0 bridgehead atoms. The van der Waals surface area contributed by atoms with Crippen molar-refractivity contribution in [1.29, 1.82) is 0 Å². The summed E-state index contributed by atoms with van der Waals surface area (Å²) < 4.78 is 1.36. The van der Waals surface area contributed by atoms with Gasteiger partial charge in [0.15, 0.2) is 0 Å². The van der Waals surface area contributed by atoms with E-state index in [9.17, 15) is 4.79 Å². The van der Waals surface area contributed by atoms with Crippen molar-refractivity contribution in [3.05, 3.63) is 62.6 Å². The van der Waals surface area contributed by atoms with Crippen LogP contribution in [0.2, 0.25) is 0 Å². The number of nitrogens with two attached hydrogens (primary N) is 1. The van der Waals surface area contributed by atoms with Gasteiger partial charge in [-0.3, -0.25) is 4.79 Å². The molecular formula is C17H21N3O. The Kier molecular flexibility index (Phi) is 3.64. The van der Waals surface area contributed by atoms with E-state index in [-0.39, 0.29) is 5.56 Å². The lowest BCUT2D eigenvalue weighted by atomic mass is 9.88. The first kappa shape index (κ1) is 14.0. The number of aryl methyl sites for hydroxylation is 4. The Morgan fingerprint density at radius 3 is 2.67 bits per heavy atom. The van der Waals surface area contributed by atoms with E-state index in [0.29, 0.717) is 5.56 Å². The van der Waals surface area contributed by atoms with Gasteiger partial charge in [0, 0.05) is 12.6 Å². The van der Waals surface area contributed by atoms with Gasteiger partial charge in [-0.25, -0.2) is 4.68 Å². The highest BCUT2D eigenvalue weighted by Gasteiger charge is 2.17. The van der Waals surface area contributed by atoms with Gasteiger partial charge in [-0.05, 0) is 55.4 Å². The Morgan fingerprint density at radius 1 is 1.19 bits per heavy atom. The molecule has 110 valence electrons. The summed E-state index contributed by atoms with van der Waals surface area (Å²) in [4.78, 5) is 12.2. The van der Waals surface area contributed by atoms with E-state index in [2.05, 4.69) is 23.3 Å². The molecule has 2 aromatic rings. The SMILES string of the molecule is Cc1cc(C(N)c2ccc3c(c2)CCCC3)c(=O)n(C)n1. The number of rotatable bonds is 2. The lowest BCUT2D eigenvalue weighted by molar-refractivity contribution is 0.663. The molecule has 1 atom stereocenters. The Labute approximate surface area is 124 Å². The van der Waals surface area contributed by atoms with Crippen molar-refractivity contribution in [2.24, 2.45) is 12.8 Å². The van der Waals surface area contributed by atoms with E-state index in [4.69, 9.17) is 5.73 Å². The van der Waals surface area contributed by atoms with Crippen molar-refractivity contribution in [2.75, 3.05) is 0 Å². The Bertz CT molecular complexity index is 733. The molecule has 1 aliphatic carbocycles. The molecule has 2 N–H and O–H groups in total. The van der Waals surface area contributed by atoms with Crippen molar-refractivity contribution < 1.29 is 0 Å². The molecule has 0 saturated heterocycles. The summed E-state index contributed by atoms with van der Waals surface area (Å²) in [6.07, 6.45) is 4.77. The minimum absolute atomic E-state index is 0.120. The third-order valence-electron chi connectivity index (χ3n) is 4.28. The molecule has 0 saturated carbocycles. The highest BCUT2D eigenvalue weighted by molar-refractivity contribution is 5.38. The van der Waals surface area contributed by atoms with Crippen LogP contribution in [0.15, 0.2) is 29.1 Å². The molecule has 0 fully saturated rings. The molecule has 0 spiro atoms. The molecular weight excluding hydrogens is 262 g/mol. The van der Waals surface area contributed by atoms with Crippen LogP contribution in [0.1, 0.15) is 46.8 Å². The largest absolute Gasteiger partial charge is 0.320 e. The summed E-state index contributed by atoms with van der Waals surface area (Å²) in [6.45, 7) is 1.88. The van der Waals surface area contributed by atoms with Crippen LogP contribution in [0.5, 0.6) is 0 Å². The summed E-state index contributed by atoms with van der Waals surface area (Å²) in [7, 11) is 1.67. The van der Waals surface area contributed by atoms with Crippen molar-refractivity contribution in [1.82, 2.24) is 9.78 Å². The molecule has 4 heteroatoms. The Morgan fingerprint density at radius 2 is 1.90 bits per heavy atom. The van der Waals surface area contributed by atoms with E-state index in [1.54, 1.807) is 13.1 Å². The lowest BCUT2D eigenvalue weighted by Crippen LogP contribution is -2.29. The third kappa shape index (κ3) is 2.63. The lowest BCUT2D eigenvalue weighted by Gasteiger charge is -2.19. The summed E-state index contributed by atoms with van der Waals surface area (Å²) in [5.74, 6) is 0. The minimum atomic E-state index is -0.391. The molecule has 1 unspecified atom stereocenters. The van der Waals surface area contributed by atoms with Crippen molar-refractivity contribution in [2.45, 2.75) is 38.6 Å². The quantitative estimate of drug-likeness (QED) is 0.917. The predicted octanol–water partition coefficient (Wildman–Crippen LogP) is 2.02. The van der Waals surface area contributed by atoms with Crippen LogP contribution >= 0.6 is 0 Å². The van der Waals surface area contributed by atoms with E-state index >= 15 is 0 Å². The van der Waals surface area contributed by atoms with Crippen molar-refractivity contribution >= 4 is 0 Å². The topological polar surface area (TPSA) is 60.9 Å². The van der Waals surface area contributed by atoms with Gasteiger partial charge < -0.3 is 5.73 Å². The Hall–Kier alpha value is -1.94. The second-order valence-electron chi connectivity index (χ2n) is 5.88. The van der Waals surface area contributed by atoms with Gasteiger partial charge in [-0.15, -0.1) is 0 Å². The molecule has 21 heavy (non-hydrogen) atoms. The third-order valence-corrected chi connectivity index (χ3v) is 4.28. The minimum Gasteiger partial charge on any atom is -0.320 e. The molecule has 3 rings (SSSR count). The van der Waals surface area contributed by atoms with E-state index in [1.165, 1.54) is 28.7 Å². The maximum Gasteiger partial charge on any atom is 0.271 e. The van der Waals surface area contributed by atoms with Gasteiger partial charge in [0.25, 0.3) is 5.56 Å². The predicted molar refractivity (Wildman–Crippen MR) is 83.3 cm³/mol. The molecule has 1 aromatic heterocycles. The van der Waals surface area contributed by atoms with E-state index in [1.807, 2.05) is 6.92 Å². The molecule has 0 radical (unpaired) electrons. The van der Waals surface area contributed by atoms with Crippen LogP contribution in [0.3, 0.4) is 0 Å². The van der Waals surface area contributed by atoms with Crippen LogP contribution in [0.25, 0.3) is 0 Å². The highest BCUT2D eigenvalue weighted by atomic mass is 16.1. The molecule has 1 aromatic carbocycles. The summed E-state index contributed by atoms with van der Waals surface area (Å²) in [5, 5.41) is 4.13. The molecule has 1 heterocycles.